The Bertz CT molecular complexity index is 406. The molecule has 0 amide bonds. The number of rotatable bonds is 1. The van der Waals surface area contributed by atoms with Gasteiger partial charge in [0, 0.05) is 25.1 Å². The monoisotopic (exact) mass is 186 g/mol. The zero-order chi connectivity index (χ0) is 9.97. The second-order valence-electron chi connectivity index (χ2n) is 3.38. The van der Waals surface area contributed by atoms with Gasteiger partial charge in [0.2, 0.25) is 0 Å². The van der Waals surface area contributed by atoms with Crippen LogP contribution >= 0.6 is 0 Å². The first-order valence-corrected chi connectivity index (χ1v) is 4.71. The van der Waals surface area contributed by atoms with Gasteiger partial charge in [-0.2, -0.15) is 0 Å². The van der Waals surface area contributed by atoms with Gasteiger partial charge >= 0.3 is 5.82 Å². The van der Waals surface area contributed by atoms with E-state index in [9.17, 15) is 0 Å². The molecule has 0 spiro atoms. The highest BCUT2D eigenvalue weighted by molar-refractivity contribution is 5.06. The number of aromatic nitrogens is 2. The van der Waals surface area contributed by atoms with Crippen molar-refractivity contribution in [3.8, 4) is 5.82 Å². The largest absolute Gasteiger partial charge is 0.449 e. The second kappa shape index (κ2) is 3.58. The molecule has 2 heteroatoms. The molecule has 2 heterocycles. The molecule has 14 heavy (non-hydrogen) atoms. The molecule has 0 aromatic carbocycles. The summed E-state index contributed by atoms with van der Waals surface area (Å²) in [6.07, 6.45) is 4.12. The molecule has 0 unspecified atom stereocenters. The smallest absolute Gasteiger partial charge is 0.145 e. The quantitative estimate of drug-likeness (QED) is 0.589. The van der Waals surface area contributed by atoms with E-state index in [1.807, 2.05) is 12.1 Å². The van der Waals surface area contributed by atoms with Crippen molar-refractivity contribution in [2.45, 2.75) is 6.92 Å². The Morgan fingerprint density at radius 3 is 2.36 bits per heavy atom. The van der Waals surface area contributed by atoms with Crippen molar-refractivity contribution in [3.05, 3.63) is 54.5 Å². The summed E-state index contributed by atoms with van der Waals surface area (Å²) >= 11 is 0. The average Bonchev–Trinajstić information content (AvgIpc) is 2.20. The van der Waals surface area contributed by atoms with Crippen LogP contribution in [0.15, 0.2) is 48.8 Å². The number of pyridine rings is 2. The Labute approximate surface area is 84.1 Å². The van der Waals surface area contributed by atoms with E-state index in [4.69, 9.17) is 0 Å². The number of nitrogens with zero attached hydrogens (tertiary/aromatic N) is 2. The van der Waals surface area contributed by atoms with Crippen LogP contribution in [0.25, 0.3) is 5.82 Å². The van der Waals surface area contributed by atoms with Crippen LogP contribution in [-0.2, 0) is 7.05 Å². The molecular weight excluding hydrogens is 172 g/mol. The molecule has 0 aliphatic rings. The van der Waals surface area contributed by atoms with Crippen LogP contribution in [0.5, 0.6) is 0 Å². The fourth-order valence-electron chi connectivity index (χ4n) is 1.55. The molecule has 2 rings (SSSR count). The predicted octanol–water partition coefficient (Wildman–Crippen LogP) is 1.10. The summed E-state index contributed by atoms with van der Waals surface area (Å²) in [7, 11) is 2.05. The third-order valence-corrected chi connectivity index (χ3v) is 2.34. The minimum Gasteiger partial charge on any atom is -0.145 e. The van der Waals surface area contributed by atoms with Crippen molar-refractivity contribution >= 4 is 0 Å². The van der Waals surface area contributed by atoms with Crippen molar-refractivity contribution in [3.63, 3.8) is 0 Å². The van der Waals surface area contributed by atoms with E-state index in [-0.39, 0.29) is 0 Å². The second-order valence-corrected chi connectivity index (χ2v) is 3.38. The highest BCUT2D eigenvalue weighted by atomic mass is 15.1. The van der Waals surface area contributed by atoms with Crippen molar-refractivity contribution in [1.82, 2.24) is 0 Å². The third kappa shape index (κ3) is 1.51. The number of hydrogen-bond acceptors (Lipinski definition) is 0. The molecule has 0 atom stereocenters. The minimum atomic E-state index is 1.17. The Kier molecular flexibility index (Phi) is 2.27. The van der Waals surface area contributed by atoms with Crippen molar-refractivity contribution in [2.24, 2.45) is 7.05 Å². The fraction of sp³-hybridized carbons (Fsp3) is 0.167. The molecule has 0 saturated carbocycles. The van der Waals surface area contributed by atoms with Gasteiger partial charge in [0.15, 0.2) is 18.1 Å². The molecule has 0 radical (unpaired) electrons. The van der Waals surface area contributed by atoms with E-state index in [2.05, 4.69) is 59.8 Å². The lowest BCUT2D eigenvalue weighted by molar-refractivity contribution is -0.780. The Balaban J connectivity index is 2.61. The Morgan fingerprint density at radius 1 is 0.929 bits per heavy atom. The maximum atomic E-state index is 2.17. The van der Waals surface area contributed by atoms with Crippen LogP contribution in [-0.4, -0.2) is 0 Å². The third-order valence-electron chi connectivity index (χ3n) is 2.34. The van der Waals surface area contributed by atoms with Crippen molar-refractivity contribution in [1.29, 1.82) is 0 Å². The maximum absolute atomic E-state index is 2.17. The lowest BCUT2D eigenvalue weighted by Crippen LogP contribution is -2.47. The van der Waals surface area contributed by atoms with Gasteiger partial charge in [0.25, 0.3) is 0 Å². The Hall–Kier alpha value is -1.70. The van der Waals surface area contributed by atoms with Crippen LogP contribution in [0.4, 0.5) is 0 Å². The highest BCUT2D eigenvalue weighted by Gasteiger charge is 2.17. The standard InChI is InChI=1S/C12H14N2/c1-11-7-3-6-10-14(11)12-8-4-5-9-13(12)2/h3-10H,1-2H3/q+2. The molecule has 0 N–H and O–H groups in total. The number of aryl methyl sites for hydroxylation is 2. The van der Waals surface area contributed by atoms with Crippen LogP contribution in [0.2, 0.25) is 0 Å². The molecule has 0 saturated heterocycles. The zero-order valence-corrected chi connectivity index (χ0v) is 8.51. The Morgan fingerprint density at radius 2 is 1.64 bits per heavy atom. The van der Waals surface area contributed by atoms with Gasteiger partial charge in [-0.05, 0) is 6.07 Å². The van der Waals surface area contributed by atoms with Gasteiger partial charge in [-0.1, -0.05) is 6.07 Å². The fourth-order valence-corrected chi connectivity index (χ4v) is 1.55. The van der Waals surface area contributed by atoms with E-state index in [0.29, 0.717) is 0 Å². The molecule has 0 aliphatic heterocycles. The normalized spacial score (nSPS) is 10.1. The molecule has 0 fully saturated rings. The van der Waals surface area contributed by atoms with Gasteiger partial charge in [-0.25, -0.2) is 0 Å². The summed E-state index contributed by atoms with van der Waals surface area (Å²) in [4.78, 5) is 0. The van der Waals surface area contributed by atoms with Gasteiger partial charge in [-0.15, -0.1) is 9.13 Å². The molecular formula is C12H14N2+2. The molecule has 70 valence electrons. The summed E-state index contributed by atoms with van der Waals surface area (Å²) in [6.45, 7) is 2.10. The van der Waals surface area contributed by atoms with E-state index in [1.165, 1.54) is 11.5 Å². The van der Waals surface area contributed by atoms with E-state index in [1.54, 1.807) is 0 Å². The predicted molar refractivity (Wildman–Crippen MR) is 53.9 cm³/mol. The number of hydrogen-bond donors (Lipinski definition) is 0. The first-order valence-electron chi connectivity index (χ1n) is 4.71. The maximum Gasteiger partial charge on any atom is 0.449 e. The molecule has 2 aromatic heterocycles. The summed E-state index contributed by atoms with van der Waals surface area (Å²) in [6, 6.07) is 12.4. The first kappa shape index (κ1) is 8.88. The lowest BCUT2D eigenvalue weighted by atomic mass is 10.3. The van der Waals surface area contributed by atoms with Crippen LogP contribution in [0, 0.1) is 6.92 Å². The first-order chi connectivity index (χ1) is 6.79. The van der Waals surface area contributed by atoms with Gasteiger partial charge < -0.3 is 0 Å². The highest BCUT2D eigenvalue weighted by Crippen LogP contribution is 1.94. The van der Waals surface area contributed by atoms with Gasteiger partial charge in [0.1, 0.15) is 7.05 Å². The van der Waals surface area contributed by atoms with Crippen molar-refractivity contribution < 1.29 is 9.13 Å². The van der Waals surface area contributed by atoms with Crippen molar-refractivity contribution in [2.75, 3.05) is 0 Å². The van der Waals surface area contributed by atoms with Gasteiger partial charge in [-0.3, -0.25) is 0 Å². The summed E-state index contributed by atoms with van der Waals surface area (Å²) in [5.74, 6) is 1.17. The summed E-state index contributed by atoms with van der Waals surface area (Å²) in [5, 5.41) is 0. The summed E-state index contributed by atoms with van der Waals surface area (Å²) in [5.41, 5.74) is 1.23. The van der Waals surface area contributed by atoms with Gasteiger partial charge in [0.05, 0.1) is 6.07 Å². The topological polar surface area (TPSA) is 7.76 Å². The molecule has 2 nitrogen and oxygen atoms in total. The van der Waals surface area contributed by atoms with Crippen LogP contribution in [0.3, 0.4) is 0 Å². The molecule has 0 aliphatic carbocycles. The minimum absolute atomic E-state index is 1.17. The van der Waals surface area contributed by atoms with Crippen LogP contribution in [0.1, 0.15) is 5.69 Å². The molecule has 0 bridgehead atoms. The van der Waals surface area contributed by atoms with Crippen LogP contribution < -0.4 is 9.13 Å². The average molecular weight is 186 g/mol. The molecule has 2 aromatic rings. The van der Waals surface area contributed by atoms with E-state index >= 15 is 0 Å². The summed E-state index contributed by atoms with van der Waals surface area (Å²) < 4.78 is 4.27. The SMILES string of the molecule is Cc1cccc[n+]1-c1cccc[n+]1C. The lowest BCUT2D eigenvalue weighted by Gasteiger charge is -1.95. The zero-order valence-electron chi connectivity index (χ0n) is 8.51. The van der Waals surface area contributed by atoms with E-state index in [0.717, 1.165) is 0 Å². The van der Waals surface area contributed by atoms with E-state index < -0.39 is 0 Å².